The van der Waals surface area contributed by atoms with E-state index in [4.69, 9.17) is 21.1 Å². The summed E-state index contributed by atoms with van der Waals surface area (Å²) in [6.07, 6.45) is 3.88. The van der Waals surface area contributed by atoms with Gasteiger partial charge in [0.25, 0.3) is 0 Å². The summed E-state index contributed by atoms with van der Waals surface area (Å²) < 4.78 is 11.6. The van der Waals surface area contributed by atoms with Gasteiger partial charge < -0.3 is 14.4 Å². The largest absolute Gasteiger partial charge is 0.493 e. The first-order valence-electron chi connectivity index (χ1n) is 14.1. The lowest BCUT2D eigenvalue weighted by Gasteiger charge is -2.37. The third kappa shape index (κ3) is 3.69. The number of carbonyl (C=O) groups excluding carboxylic acids is 3. The maximum atomic E-state index is 14.9. The first-order valence-corrected chi connectivity index (χ1v) is 14.5. The van der Waals surface area contributed by atoms with Crippen molar-refractivity contribution in [3.63, 3.8) is 0 Å². The number of Topliss-reactive ketones (excluding diaryl/α,β-unsaturated/α-hetero) is 3. The first-order chi connectivity index (χ1) is 20.8. The predicted molar refractivity (Wildman–Crippen MR) is 166 cm³/mol. The van der Waals surface area contributed by atoms with Gasteiger partial charge >= 0.3 is 0 Å². The van der Waals surface area contributed by atoms with Crippen molar-refractivity contribution in [2.75, 3.05) is 19.1 Å². The Morgan fingerprint density at radius 1 is 0.860 bits per heavy atom. The summed E-state index contributed by atoms with van der Waals surface area (Å²) in [5, 5.41) is 0.502. The number of fused-ring (bicyclic) bond motifs is 5. The van der Waals surface area contributed by atoms with Crippen LogP contribution in [0.25, 0.3) is 6.08 Å². The van der Waals surface area contributed by atoms with E-state index in [1.54, 1.807) is 60.7 Å². The zero-order chi connectivity index (χ0) is 30.0. The molecule has 4 aromatic carbocycles. The maximum absolute atomic E-state index is 14.9. The zero-order valence-corrected chi connectivity index (χ0v) is 24.6. The molecule has 0 saturated carbocycles. The number of para-hydroxylation sites is 1. The van der Waals surface area contributed by atoms with Crippen LogP contribution in [0.15, 0.2) is 91.0 Å². The van der Waals surface area contributed by atoms with Crippen LogP contribution in [0, 0.1) is 12.3 Å². The fraction of sp³-hybridized carbons (Fsp3) is 0.194. The molecule has 1 aliphatic carbocycles. The van der Waals surface area contributed by atoms with Crippen LogP contribution in [0.2, 0.25) is 5.02 Å². The number of halogens is 1. The van der Waals surface area contributed by atoms with Crippen LogP contribution in [0.4, 0.5) is 5.69 Å². The Balaban J connectivity index is 1.58. The lowest BCUT2D eigenvalue weighted by molar-refractivity contribution is 0.0664. The van der Waals surface area contributed by atoms with Crippen LogP contribution in [0.3, 0.4) is 0 Å². The average molecular weight is 590 g/mol. The van der Waals surface area contributed by atoms with Crippen molar-refractivity contribution in [3.05, 3.63) is 129 Å². The topological polar surface area (TPSA) is 72.9 Å². The molecule has 0 aromatic heterocycles. The minimum absolute atomic E-state index is 0.230. The predicted octanol–water partition coefficient (Wildman–Crippen LogP) is 6.98. The molecule has 1 saturated heterocycles. The van der Waals surface area contributed by atoms with Crippen LogP contribution >= 0.6 is 11.6 Å². The molecule has 3 atom stereocenters. The molecule has 3 unspecified atom stereocenters. The summed E-state index contributed by atoms with van der Waals surface area (Å²) in [4.78, 5) is 46.5. The van der Waals surface area contributed by atoms with Gasteiger partial charge in [-0.15, -0.1) is 0 Å². The molecule has 7 heteroatoms. The number of aryl methyl sites for hydroxylation is 1. The monoisotopic (exact) mass is 589 g/mol. The second-order valence-electron chi connectivity index (χ2n) is 11.2. The summed E-state index contributed by atoms with van der Waals surface area (Å²) in [6, 6.07) is 23.4. The third-order valence-electron chi connectivity index (χ3n) is 9.13. The van der Waals surface area contributed by atoms with Gasteiger partial charge in [0.2, 0.25) is 0 Å². The van der Waals surface area contributed by atoms with E-state index in [0.29, 0.717) is 38.8 Å². The number of ether oxygens (including phenoxy) is 2. The molecular weight excluding hydrogens is 562 g/mol. The molecule has 2 aliphatic heterocycles. The van der Waals surface area contributed by atoms with Gasteiger partial charge in [-0.1, -0.05) is 71.8 Å². The Bertz CT molecular complexity index is 1830. The van der Waals surface area contributed by atoms with Gasteiger partial charge in [-0.2, -0.15) is 0 Å². The van der Waals surface area contributed by atoms with E-state index >= 15 is 0 Å². The van der Waals surface area contributed by atoms with Crippen molar-refractivity contribution in [2.45, 2.75) is 24.9 Å². The zero-order valence-electron chi connectivity index (χ0n) is 23.8. The van der Waals surface area contributed by atoms with E-state index in [2.05, 4.69) is 0 Å². The van der Waals surface area contributed by atoms with E-state index in [1.165, 1.54) is 14.2 Å². The number of nitrogens with zero attached hydrogens (tertiary/aromatic N) is 1. The van der Waals surface area contributed by atoms with Crippen LogP contribution < -0.4 is 14.4 Å². The Kier molecular flexibility index (Phi) is 6.29. The normalized spacial score (nSPS) is 21.0. The minimum atomic E-state index is -1.64. The highest BCUT2D eigenvalue weighted by atomic mass is 35.5. The molecule has 0 N–H and O–H groups in total. The van der Waals surface area contributed by atoms with E-state index in [1.807, 2.05) is 48.2 Å². The molecule has 6 nitrogen and oxygen atoms in total. The molecule has 214 valence electrons. The average Bonchev–Trinajstić information content (AvgIpc) is 3.46. The molecule has 2 heterocycles. The molecule has 0 radical (unpaired) electrons. The van der Waals surface area contributed by atoms with Gasteiger partial charge in [-0.3, -0.25) is 14.4 Å². The van der Waals surface area contributed by atoms with Gasteiger partial charge in [0, 0.05) is 38.9 Å². The van der Waals surface area contributed by atoms with Crippen LogP contribution in [-0.2, 0) is 0 Å². The van der Waals surface area contributed by atoms with Crippen molar-refractivity contribution < 1.29 is 23.9 Å². The molecule has 4 aromatic rings. The Morgan fingerprint density at radius 2 is 1.56 bits per heavy atom. The summed E-state index contributed by atoms with van der Waals surface area (Å²) in [7, 11) is 3.06. The molecule has 3 aliphatic rings. The molecule has 0 bridgehead atoms. The van der Waals surface area contributed by atoms with E-state index < -0.39 is 23.4 Å². The van der Waals surface area contributed by atoms with Gasteiger partial charge in [-0.05, 0) is 55.0 Å². The second-order valence-corrected chi connectivity index (χ2v) is 11.7. The lowest BCUT2D eigenvalue weighted by atomic mass is 9.64. The number of benzene rings is 4. The SMILES string of the molecule is COc1cccc(C2C(C(=O)c3ccc(Cl)cc3)N3c4ccc(C)cc4C=CC3C23C(=O)c2ccccc2C3=O)c1OC. The molecule has 0 amide bonds. The molecule has 1 fully saturated rings. The summed E-state index contributed by atoms with van der Waals surface area (Å²) in [5.74, 6) is -0.927. The number of anilines is 1. The third-order valence-corrected chi connectivity index (χ3v) is 9.38. The van der Waals surface area contributed by atoms with Crippen molar-refractivity contribution in [1.82, 2.24) is 0 Å². The van der Waals surface area contributed by atoms with Crippen molar-refractivity contribution in [3.8, 4) is 11.5 Å². The van der Waals surface area contributed by atoms with Gasteiger partial charge in [-0.25, -0.2) is 0 Å². The van der Waals surface area contributed by atoms with Gasteiger partial charge in [0.1, 0.15) is 11.5 Å². The molecular formula is C36H28ClNO5. The number of carbonyl (C=O) groups is 3. The van der Waals surface area contributed by atoms with Crippen molar-refractivity contribution in [2.24, 2.45) is 5.41 Å². The summed E-state index contributed by atoms with van der Waals surface area (Å²) in [6.45, 7) is 2.01. The number of methoxy groups -OCH3 is 2. The smallest absolute Gasteiger partial charge is 0.185 e. The van der Waals surface area contributed by atoms with Crippen LogP contribution in [0.5, 0.6) is 11.5 Å². The minimum Gasteiger partial charge on any atom is -0.493 e. The van der Waals surface area contributed by atoms with Crippen molar-refractivity contribution >= 4 is 40.7 Å². The van der Waals surface area contributed by atoms with E-state index in [-0.39, 0.29) is 17.3 Å². The molecule has 43 heavy (non-hydrogen) atoms. The van der Waals surface area contributed by atoms with E-state index in [0.717, 1.165) is 16.8 Å². The molecule has 7 rings (SSSR count). The fourth-order valence-corrected chi connectivity index (χ4v) is 7.51. The highest BCUT2D eigenvalue weighted by Gasteiger charge is 2.72. The lowest BCUT2D eigenvalue weighted by Crippen LogP contribution is -2.48. The Labute approximate surface area is 254 Å². The van der Waals surface area contributed by atoms with Crippen molar-refractivity contribution in [1.29, 1.82) is 0 Å². The first kappa shape index (κ1) is 27.2. The number of rotatable bonds is 5. The van der Waals surface area contributed by atoms with Crippen LogP contribution in [-0.4, -0.2) is 43.7 Å². The quantitative estimate of drug-likeness (QED) is 0.185. The van der Waals surface area contributed by atoms with Gasteiger partial charge in [0.15, 0.2) is 28.8 Å². The Hall–Kier alpha value is -4.68. The summed E-state index contributed by atoms with van der Waals surface area (Å²) >= 11 is 6.20. The number of ketones is 3. The summed E-state index contributed by atoms with van der Waals surface area (Å²) in [5.41, 5.74) is 2.82. The highest BCUT2D eigenvalue weighted by Crippen LogP contribution is 2.62. The second kappa shape index (κ2) is 9.96. The maximum Gasteiger partial charge on any atom is 0.185 e. The number of hydrogen-bond donors (Lipinski definition) is 0. The standard InChI is InChI=1S/C36H28ClNO5/c1-20-11-17-27-22(19-20)14-18-29-36(34(40)24-7-4-5-8-25(24)35(36)41)30(26-9-6-10-28(42-2)33(26)43-3)31(38(27)29)32(39)21-12-15-23(37)16-13-21/h4-19,29-31H,1-3H3. The Morgan fingerprint density at radius 3 is 2.21 bits per heavy atom. The van der Waals surface area contributed by atoms with Crippen LogP contribution in [0.1, 0.15) is 53.7 Å². The van der Waals surface area contributed by atoms with Gasteiger partial charge in [0.05, 0.1) is 20.3 Å². The van der Waals surface area contributed by atoms with E-state index in [9.17, 15) is 14.4 Å². The fourth-order valence-electron chi connectivity index (χ4n) is 7.38. The highest BCUT2D eigenvalue weighted by molar-refractivity contribution is 6.32. The molecule has 1 spiro atoms. The number of hydrogen-bond acceptors (Lipinski definition) is 6.